The molecule has 35 heavy (non-hydrogen) atoms. The SMILES string of the molecule is CN(CC(O)CNC(C)(C)CCCc1ccccc1)S(=O)(=O)c1cc(F)cc(CCC(=O)O)c1Cl. The third-order valence-corrected chi connectivity index (χ3v) is 8.18. The standard InChI is InChI=1S/C25H34ClFN2O5S/c1-25(2,13-7-10-18-8-5-4-6-9-18)28-16-21(30)17-29(3)35(33,34)22-15-20(27)14-19(24(22)26)11-12-23(31)32/h4-6,8-9,14-15,21,28,30H,7,10-13,16-17H2,1-3H3,(H,31,32). The molecule has 0 heterocycles. The molecule has 0 spiro atoms. The van der Waals surface area contributed by atoms with Gasteiger partial charge in [-0.1, -0.05) is 41.9 Å². The first-order valence-electron chi connectivity index (χ1n) is 11.4. The lowest BCUT2D eigenvalue weighted by atomic mass is 9.95. The summed E-state index contributed by atoms with van der Waals surface area (Å²) in [4.78, 5) is 10.4. The molecule has 2 rings (SSSR count). The number of carboxylic acid groups (broad SMARTS) is 1. The van der Waals surface area contributed by atoms with Crippen molar-refractivity contribution in [2.45, 2.75) is 62.5 Å². The molecule has 0 aliphatic carbocycles. The van der Waals surface area contributed by atoms with Crippen LogP contribution in [-0.2, 0) is 27.7 Å². The number of β-amino-alcohol motifs (C(OH)–C–C–N with tert-alkyl or cyclic N) is 1. The van der Waals surface area contributed by atoms with E-state index in [4.69, 9.17) is 16.7 Å². The third kappa shape index (κ3) is 9.16. The normalized spacial score (nSPS) is 13.2. The zero-order valence-electron chi connectivity index (χ0n) is 20.3. The number of benzene rings is 2. The van der Waals surface area contributed by atoms with E-state index in [1.165, 1.54) is 12.6 Å². The maximum atomic E-state index is 14.1. The average Bonchev–Trinajstić information content (AvgIpc) is 2.78. The van der Waals surface area contributed by atoms with Crippen LogP contribution in [0.2, 0.25) is 5.02 Å². The molecule has 0 saturated heterocycles. The number of hydrogen-bond acceptors (Lipinski definition) is 5. The van der Waals surface area contributed by atoms with E-state index in [-0.39, 0.29) is 42.1 Å². The van der Waals surface area contributed by atoms with Gasteiger partial charge in [-0.2, -0.15) is 4.31 Å². The van der Waals surface area contributed by atoms with E-state index in [2.05, 4.69) is 17.4 Å². The largest absolute Gasteiger partial charge is 0.481 e. The first kappa shape index (κ1) is 29.2. The summed E-state index contributed by atoms with van der Waals surface area (Å²) in [5.41, 5.74) is 1.09. The maximum absolute atomic E-state index is 14.1. The topological polar surface area (TPSA) is 107 Å². The summed E-state index contributed by atoms with van der Waals surface area (Å²) in [6.07, 6.45) is 1.33. The minimum Gasteiger partial charge on any atom is -0.481 e. The highest BCUT2D eigenvalue weighted by Crippen LogP contribution is 2.30. The highest BCUT2D eigenvalue weighted by molar-refractivity contribution is 7.89. The number of aliphatic carboxylic acids is 1. The van der Waals surface area contributed by atoms with E-state index < -0.39 is 32.8 Å². The number of aryl methyl sites for hydroxylation is 2. The zero-order chi connectivity index (χ0) is 26.2. The monoisotopic (exact) mass is 528 g/mol. The number of carboxylic acids is 1. The van der Waals surface area contributed by atoms with Gasteiger partial charge < -0.3 is 15.5 Å². The van der Waals surface area contributed by atoms with Crippen LogP contribution < -0.4 is 5.32 Å². The molecule has 1 atom stereocenters. The first-order chi connectivity index (χ1) is 16.3. The van der Waals surface area contributed by atoms with Gasteiger partial charge in [0, 0.05) is 32.1 Å². The quantitative estimate of drug-likeness (QED) is 0.343. The lowest BCUT2D eigenvalue weighted by Crippen LogP contribution is -2.46. The van der Waals surface area contributed by atoms with Gasteiger partial charge in [0.15, 0.2) is 0 Å². The van der Waals surface area contributed by atoms with Crippen molar-refractivity contribution < 1.29 is 27.8 Å². The molecule has 0 aliphatic heterocycles. The molecule has 0 amide bonds. The molecule has 0 saturated carbocycles. The van der Waals surface area contributed by atoms with Crippen LogP contribution in [0.1, 0.15) is 44.2 Å². The van der Waals surface area contributed by atoms with Crippen LogP contribution in [0.25, 0.3) is 0 Å². The van der Waals surface area contributed by atoms with Crippen LogP contribution >= 0.6 is 11.6 Å². The molecule has 1 unspecified atom stereocenters. The van der Waals surface area contributed by atoms with Crippen LogP contribution in [-0.4, -0.2) is 60.7 Å². The number of aliphatic hydroxyl groups is 1. The summed E-state index contributed by atoms with van der Waals surface area (Å²) in [5.74, 6) is -1.94. The van der Waals surface area contributed by atoms with Crippen molar-refractivity contribution in [3.05, 3.63) is 64.4 Å². The predicted octanol–water partition coefficient (Wildman–Crippen LogP) is 3.87. The molecular formula is C25H34ClFN2O5S. The van der Waals surface area contributed by atoms with Gasteiger partial charge in [-0.05, 0) is 62.8 Å². The Bertz CT molecular complexity index is 1100. The fraction of sp³-hybridized carbons (Fsp3) is 0.480. The van der Waals surface area contributed by atoms with Crippen LogP contribution in [0.5, 0.6) is 0 Å². The Labute approximate surface area is 212 Å². The Morgan fingerprint density at radius 1 is 1.20 bits per heavy atom. The number of likely N-dealkylation sites (N-methyl/N-ethyl adjacent to an activating group) is 1. The molecule has 10 heteroatoms. The van der Waals surface area contributed by atoms with E-state index >= 15 is 0 Å². The smallest absolute Gasteiger partial charge is 0.303 e. The Hall–Kier alpha value is -2.04. The molecule has 194 valence electrons. The van der Waals surface area contributed by atoms with E-state index in [1.54, 1.807) is 0 Å². The van der Waals surface area contributed by atoms with Crippen LogP contribution in [0.4, 0.5) is 4.39 Å². The third-order valence-electron chi connectivity index (χ3n) is 5.77. The summed E-state index contributed by atoms with van der Waals surface area (Å²) >= 11 is 6.20. The Kier molecular flexibility index (Phi) is 10.7. The van der Waals surface area contributed by atoms with E-state index in [1.807, 2.05) is 32.0 Å². The lowest BCUT2D eigenvalue weighted by molar-refractivity contribution is -0.136. The number of aliphatic hydroxyl groups excluding tert-OH is 1. The second-order valence-electron chi connectivity index (χ2n) is 9.31. The van der Waals surface area contributed by atoms with Gasteiger partial charge in [-0.15, -0.1) is 0 Å². The molecule has 2 aromatic rings. The van der Waals surface area contributed by atoms with Crippen molar-refractivity contribution >= 4 is 27.6 Å². The fourth-order valence-electron chi connectivity index (χ4n) is 3.72. The fourth-order valence-corrected chi connectivity index (χ4v) is 5.54. The van der Waals surface area contributed by atoms with Crippen molar-refractivity contribution in [1.29, 1.82) is 0 Å². The number of rotatable bonds is 14. The number of nitrogens with zero attached hydrogens (tertiary/aromatic N) is 1. The molecule has 0 aromatic heterocycles. The minimum atomic E-state index is -4.22. The van der Waals surface area contributed by atoms with E-state index in [0.29, 0.717) is 0 Å². The molecule has 2 aromatic carbocycles. The zero-order valence-corrected chi connectivity index (χ0v) is 21.9. The van der Waals surface area contributed by atoms with Crippen molar-refractivity contribution in [2.75, 3.05) is 20.1 Å². The highest BCUT2D eigenvalue weighted by Gasteiger charge is 2.28. The average molecular weight is 529 g/mol. The van der Waals surface area contributed by atoms with Gasteiger partial charge in [-0.25, -0.2) is 12.8 Å². The van der Waals surface area contributed by atoms with E-state index in [9.17, 15) is 22.7 Å². The summed E-state index contributed by atoms with van der Waals surface area (Å²) < 4.78 is 41.1. The van der Waals surface area contributed by atoms with Crippen LogP contribution in [0.15, 0.2) is 47.4 Å². The molecule has 3 N–H and O–H groups in total. The summed E-state index contributed by atoms with van der Waals surface area (Å²) in [6.45, 7) is 3.98. The molecular weight excluding hydrogens is 495 g/mol. The first-order valence-corrected chi connectivity index (χ1v) is 13.3. The number of nitrogens with one attached hydrogen (secondary N) is 1. The van der Waals surface area contributed by atoms with Crippen molar-refractivity contribution in [3.8, 4) is 0 Å². The van der Waals surface area contributed by atoms with Crippen molar-refractivity contribution in [2.24, 2.45) is 0 Å². The van der Waals surface area contributed by atoms with Gasteiger partial charge in [0.05, 0.1) is 11.1 Å². The number of carbonyl (C=O) groups is 1. The lowest BCUT2D eigenvalue weighted by Gasteiger charge is -2.29. The number of halogens is 2. The second-order valence-corrected chi connectivity index (χ2v) is 11.7. The van der Waals surface area contributed by atoms with Gasteiger partial charge in [0.2, 0.25) is 10.0 Å². The Balaban J connectivity index is 1.96. The van der Waals surface area contributed by atoms with Gasteiger partial charge in [-0.3, -0.25) is 4.79 Å². The van der Waals surface area contributed by atoms with Gasteiger partial charge in [0.25, 0.3) is 0 Å². The highest BCUT2D eigenvalue weighted by atomic mass is 35.5. The summed E-state index contributed by atoms with van der Waals surface area (Å²) in [7, 11) is -2.94. The van der Waals surface area contributed by atoms with Crippen molar-refractivity contribution in [1.82, 2.24) is 9.62 Å². The minimum absolute atomic E-state index is 0.0977. The molecule has 0 fully saturated rings. The molecule has 0 bridgehead atoms. The second kappa shape index (κ2) is 12.8. The predicted molar refractivity (Wildman–Crippen MR) is 135 cm³/mol. The summed E-state index contributed by atoms with van der Waals surface area (Å²) in [6, 6.07) is 12.0. The van der Waals surface area contributed by atoms with Crippen molar-refractivity contribution in [3.63, 3.8) is 0 Å². The van der Waals surface area contributed by atoms with Crippen LogP contribution in [0.3, 0.4) is 0 Å². The molecule has 7 nitrogen and oxygen atoms in total. The summed E-state index contributed by atoms with van der Waals surface area (Å²) in [5, 5.41) is 22.4. The maximum Gasteiger partial charge on any atom is 0.303 e. The number of sulfonamides is 1. The Morgan fingerprint density at radius 3 is 2.49 bits per heavy atom. The molecule has 0 radical (unpaired) electrons. The van der Waals surface area contributed by atoms with Gasteiger partial charge in [0.1, 0.15) is 10.7 Å². The van der Waals surface area contributed by atoms with Gasteiger partial charge >= 0.3 is 5.97 Å². The Morgan fingerprint density at radius 2 is 1.86 bits per heavy atom. The van der Waals surface area contributed by atoms with E-state index in [0.717, 1.165) is 35.7 Å². The van der Waals surface area contributed by atoms with Crippen LogP contribution in [0, 0.1) is 5.82 Å². The molecule has 0 aliphatic rings. The number of hydrogen-bond donors (Lipinski definition) is 3.